The van der Waals surface area contributed by atoms with Gasteiger partial charge in [0.2, 0.25) is 0 Å². The Hall–Kier alpha value is -2.18. The highest BCUT2D eigenvalue weighted by Gasteiger charge is 2.24. The van der Waals surface area contributed by atoms with Gasteiger partial charge in [-0.15, -0.1) is 0 Å². The number of hydrogen-bond acceptors (Lipinski definition) is 4. The van der Waals surface area contributed by atoms with Crippen molar-refractivity contribution in [1.29, 1.82) is 0 Å². The summed E-state index contributed by atoms with van der Waals surface area (Å²) in [5, 5.41) is 10.6. The average molecular weight is 368 g/mol. The third-order valence-corrected chi connectivity index (χ3v) is 5.42. The summed E-state index contributed by atoms with van der Waals surface area (Å²) in [6.45, 7) is 7.78. The van der Waals surface area contributed by atoms with Crippen LogP contribution in [0.2, 0.25) is 0 Å². The number of carbonyl (C=O) groups excluding carboxylic acids is 1. The minimum absolute atomic E-state index is 0.0289. The zero-order valence-corrected chi connectivity index (χ0v) is 16.1. The van der Waals surface area contributed by atoms with Crippen molar-refractivity contribution in [2.75, 3.05) is 18.5 Å². The van der Waals surface area contributed by atoms with Gasteiger partial charge in [-0.2, -0.15) is 5.10 Å². The Bertz CT molecular complexity index is 808. The van der Waals surface area contributed by atoms with Crippen molar-refractivity contribution in [3.05, 3.63) is 46.8 Å². The quantitative estimate of drug-likeness (QED) is 0.850. The first-order chi connectivity index (χ1) is 13.1. The number of nitrogens with zero attached hydrogens (tertiary/aromatic N) is 2. The van der Waals surface area contributed by atoms with Crippen LogP contribution in [0.1, 0.15) is 55.1 Å². The van der Waals surface area contributed by atoms with Crippen LogP contribution in [-0.2, 0) is 29.0 Å². The molecule has 1 fully saturated rings. The lowest BCUT2D eigenvalue weighted by Gasteiger charge is -2.28. The van der Waals surface area contributed by atoms with E-state index < -0.39 is 0 Å². The highest BCUT2D eigenvalue weighted by atomic mass is 16.5. The fourth-order valence-electron chi connectivity index (χ4n) is 3.83. The largest absolute Gasteiger partial charge is 0.368 e. The predicted molar refractivity (Wildman–Crippen MR) is 105 cm³/mol. The molecule has 1 aromatic heterocycles. The molecular formula is C21H28N4O2. The van der Waals surface area contributed by atoms with Gasteiger partial charge < -0.3 is 10.1 Å². The van der Waals surface area contributed by atoms with Crippen molar-refractivity contribution in [3.63, 3.8) is 0 Å². The first-order valence-electron chi connectivity index (χ1n) is 9.89. The molecule has 2 aromatic rings. The van der Waals surface area contributed by atoms with Crippen LogP contribution in [0.5, 0.6) is 0 Å². The van der Waals surface area contributed by atoms with Crippen molar-refractivity contribution in [1.82, 2.24) is 15.1 Å². The Morgan fingerprint density at radius 2 is 2.26 bits per heavy atom. The number of rotatable bonds is 5. The van der Waals surface area contributed by atoms with Crippen molar-refractivity contribution >= 4 is 11.6 Å². The summed E-state index contributed by atoms with van der Waals surface area (Å²) in [5.74, 6) is 0.408. The Labute approximate surface area is 160 Å². The number of ether oxygens (including phenoxy) is 1. The van der Waals surface area contributed by atoms with Gasteiger partial charge in [0.25, 0.3) is 5.91 Å². The van der Waals surface area contributed by atoms with Gasteiger partial charge in [0.1, 0.15) is 6.10 Å². The van der Waals surface area contributed by atoms with E-state index in [2.05, 4.69) is 52.5 Å². The first-order valence-corrected chi connectivity index (χ1v) is 9.89. The number of aromatic nitrogens is 2. The number of amides is 1. The molecule has 1 aromatic carbocycles. The van der Waals surface area contributed by atoms with E-state index in [4.69, 9.17) is 4.74 Å². The van der Waals surface area contributed by atoms with Crippen molar-refractivity contribution in [3.8, 4) is 0 Å². The lowest BCUT2D eigenvalue weighted by Crippen LogP contribution is -2.30. The van der Waals surface area contributed by atoms with Gasteiger partial charge in [-0.3, -0.25) is 14.8 Å². The Balaban J connectivity index is 1.40. The molecule has 27 heavy (non-hydrogen) atoms. The molecule has 0 bridgehead atoms. The molecule has 0 spiro atoms. The zero-order valence-electron chi connectivity index (χ0n) is 16.1. The number of H-pyrrole nitrogens is 1. The minimum atomic E-state index is -0.298. The molecule has 1 amide bonds. The predicted octanol–water partition coefficient (Wildman–Crippen LogP) is 3.21. The smallest absolute Gasteiger partial charge is 0.253 e. The van der Waals surface area contributed by atoms with Gasteiger partial charge in [-0.05, 0) is 54.5 Å². The van der Waals surface area contributed by atoms with E-state index in [1.807, 2.05) is 6.07 Å². The molecule has 2 aliphatic rings. The van der Waals surface area contributed by atoms with Crippen LogP contribution in [0.15, 0.2) is 24.3 Å². The summed E-state index contributed by atoms with van der Waals surface area (Å²) in [4.78, 5) is 14.7. The molecule has 3 heterocycles. The third-order valence-electron chi connectivity index (χ3n) is 5.42. The first kappa shape index (κ1) is 18.2. The maximum atomic E-state index is 12.3. The molecule has 4 rings (SSSR count). The van der Waals surface area contributed by atoms with Crippen LogP contribution in [0.3, 0.4) is 0 Å². The summed E-state index contributed by atoms with van der Waals surface area (Å²) >= 11 is 0. The van der Waals surface area contributed by atoms with E-state index in [1.54, 1.807) is 0 Å². The van der Waals surface area contributed by atoms with E-state index in [0.29, 0.717) is 12.5 Å². The monoisotopic (exact) mass is 368 g/mol. The summed E-state index contributed by atoms with van der Waals surface area (Å²) in [6.07, 6.45) is 2.50. The molecule has 1 unspecified atom stereocenters. The molecule has 6 nitrogen and oxygen atoms in total. The highest BCUT2D eigenvalue weighted by Crippen LogP contribution is 2.25. The number of aromatic amines is 1. The summed E-state index contributed by atoms with van der Waals surface area (Å²) in [6, 6.07) is 8.43. The summed E-state index contributed by atoms with van der Waals surface area (Å²) in [5.41, 5.74) is 5.79. The van der Waals surface area contributed by atoms with Gasteiger partial charge >= 0.3 is 0 Å². The molecule has 0 saturated carbocycles. The topological polar surface area (TPSA) is 70.2 Å². The summed E-state index contributed by atoms with van der Waals surface area (Å²) < 4.78 is 5.47. The fraction of sp³-hybridized carbons (Fsp3) is 0.524. The minimum Gasteiger partial charge on any atom is -0.368 e. The van der Waals surface area contributed by atoms with Gasteiger partial charge in [0.05, 0.1) is 5.69 Å². The van der Waals surface area contributed by atoms with Crippen LogP contribution in [0, 0.1) is 0 Å². The maximum Gasteiger partial charge on any atom is 0.253 e. The van der Waals surface area contributed by atoms with Gasteiger partial charge in [0.15, 0.2) is 0 Å². The van der Waals surface area contributed by atoms with Crippen molar-refractivity contribution in [2.24, 2.45) is 0 Å². The number of anilines is 1. The standard InChI is InChI=1S/C21H28N4O2/c1-14(2)19-11-18(23-24-19)13-25-8-7-15-5-6-17(10-16(15)12-25)22-21(26)20-4-3-9-27-20/h5-6,10-11,14,20H,3-4,7-9,12-13H2,1-2H3,(H,22,26)(H,23,24). The SMILES string of the molecule is CC(C)c1cc(CN2CCc3ccc(NC(=O)C4CCCO4)cc3C2)[nH]n1. The normalized spacial score (nSPS) is 20.0. The second-order valence-corrected chi connectivity index (χ2v) is 7.91. The number of nitrogens with one attached hydrogen (secondary N) is 2. The van der Waals surface area contributed by atoms with E-state index in [9.17, 15) is 4.79 Å². The van der Waals surface area contributed by atoms with E-state index >= 15 is 0 Å². The van der Waals surface area contributed by atoms with E-state index in [1.165, 1.54) is 11.1 Å². The highest BCUT2D eigenvalue weighted by molar-refractivity contribution is 5.94. The Morgan fingerprint density at radius 3 is 3.00 bits per heavy atom. The third kappa shape index (κ3) is 4.22. The molecular weight excluding hydrogens is 340 g/mol. The summed E-state index contributed by atoms with van der Waals surface area (Å²) in [7, 11) is 0. The molecule has 1 saturated heterocycles. The maximum absolute atomic E-state index is 12.3. The van der Waals surface area contributed by atoms with Crippen LogP contribution >= 0.6 is 0 Å². The molecule has 0 radical (unpaired) electrons. The van der Waals surface area contributed by atoms with Gasteiger partial charge in [-0.25, -0.2) is 0 Å². The number of benzene rings is 1. The number of hydrogen-bond donors (Lipinski definition) is 2. The second-order valence-electron chi connectivity index (χ2n) is 7.91. The lowest BCUT2D eigenvalue weighted by atomic mass is 9.98. The molecule has 1 atom stereocenters. The van der Waals surface area contributed by atoms with Crippen LogP contribution < -0.4 is 5.32 Å². The average Bonchev–Trinajstić information content (AvgIpc) is 3.33. The van der Waals surface area contributed by atoms with Crippen LogP contribution in [-0.4, -0.2) is 40.3 Å². The Kier molecular flexibility index (Phi) is 5.27. The fourth-order valence-corrected chi connectivity index (χ4v) is 3.83. The van der Waals surface area contributed by atoms with Crippen LogP contribution in [0.4, 0.5) is 5.69 Å². The molecule has 2 aliphatic heterocycles. The number of carbonyl (C=O) groups is 1. The molecule has 0 aliphatic carbocycles. The van der Waals surface area contributed by atoms with E-state index in [-0.39, 0.29) is 12.0 Å². The van der Waals surface area contributed by atoms with Gasteiger partial charge in [0, 0.05) is 37.6 Å². The Morgan fingerprint density at radius 1 is 1.37 bits per heavy atom. The van der Waals surface area contributed by atoms with Crippen LogP contribution in [0.25, 0.3) is 0 Å². The van der Waals surface area contributed by atoms with Gasteiger partial charge in [-0.1, -0.05) is 19.9 Å². The lowest BCUT2D eigenvalue weighted by molar-refractivity contribution is -0.124. The second kappa shape index (κ2) is 7.82. The van der Waals surface area contributed by atoms with E-state index in [0.717, 1.165) is 56.0 Å². The molecule has 2 N–H and O–H groups in total. The van der Waals surface area contributed by atoms with Crippen molar-refractivity contribution in [2.45, 2.75) is 58.2 Å². The zero-order chi connectivity index (χ0) is 18.8. The molecule has 6 heteroatoms. The van der Waals surface area contributed by atoms with Crippen molar-refractivity contribution < 1.29 is 9.53 Å². The molecule has 144 valence electrons. The number of fused-ring (bicyclic) bond motifs is 1.